The summed E-state index contributed by atoms with van der Waals surface area (Å²) in [7, 11) is -13.0. The number of rotatable bonds is 0. The molecule has 0 fully saturated rings. The van der Waals surface area contributed by atoms with Gasteiger partial charge in [0.2, 0.25) is 0 Å². The van der Waals surface area contributed by atoms with Crippen LogP contribution in [0.4, 0.5) is 0 Å². The summed E-state index contributed by atoms with van der Waals surface area (Å²) >= 11 is 9.73. The van der Waals surface area contributed by atoms with Gasteiger partial charge in [-0.05, 0) is 33.6 Å². The van der Waals surface area contributed by atoms with Crippen molar-refractivity contribution in [3.05, 3.63) is 0 Å². The zero-order valence-corrected chi connectivity index (χ0v) is 17.0. The fraction of sp³-hybridized carbons (Fsp3) is 0. The van der Waals surface area contributed by atoms with Crippen LogP contribution in [0.25, 0.3) is 0 Å². The summed E-state index contributed by atoms with van der Waals surface area (Å²) < 4.78 is 80.0. The molecule has 0 N–H and O–H groups in total. The van der Waals surface area contributed by atoms with Crippen LogP contribution in [-0.4, -0.2) is 79.5 Å². The van der Waals surface area contributed by atoms with Gasteiger partial charge >= 0.3 is 39.6 Å². The van der Waals surface area contributed by atoms with Crippen molar-refractivity contribution in [2.45, 2.75) is 0 Å². The van der Waals surface area contributed by atoms with E-state index in [1.807, 2.05) is 0 Å². The van der Waals surface area contributed by atoms with E-state index in [1.54, 1.807) is 0 Å². The summed E-state index contributed by atoms with van der Waals surface area (Å²) in [4.78, 5) is 0. The Hall–Kier alpha value is 2.14. The molecule has 0 spiro atoms. The first-order chi connectivity index (χ1) is 6.00. The molecule has 0 atom stereocenters. The second-order valence-corrected chi connectivity index (χ2v) is 7.35. The predicted octanol–water partition coefficient (Wildman–Crippen LogP) is -3.78. The standard InChI is InChI=1S/2Ga.3H2O3S2/c;;3*1-5(2,3)4/h;;3*(H2,1,2,3,4)/q2*+3;;;/p-6. The van der Waals surface area contributed by atoms with Crippen molar-refractivity contribution in [1.82, 2.24) is 0 Å². The van der Waals surface area contributed by atoms with Crippen molar-refractivity contribution in [2.75, 3.05) is 0 Å². The maximum absolute atomic E-state index is 8.89. The molecule has 0 heterocycles. The van der Waals surface area contributed by atoms with Gasteiger partial charge in [-0.3, -0.25) is 12.6 Å². The van der Waals surface area contributed by atoms with Gasteiger partial charge in [-0.1, -0.05) is 0 Å². The molecule has 0 unspecified atom stereocenters. The average molecular weight is 476 g/mol. The molecule has 0 aliphatic carbocycles. The minimum absolute atomic E-state index is 0. The van der Waals surface area contributed by atoms with Crippen molar-refractivity contribution in [1.29, 1.82) is 0 Å². The Kier molecular flexibility index (Phi) is 24.4. The molecule has 0 saturated carbocycles. The Morgan fingerprint density at radius 2 is 0.529 bits per heavy atom. The van der Waals surface area contributed by atoms with Crippen molar-refractivity contribution < 1.29 is 39.9 Å². The molecule has 0 amide bonds. The summed E-state index contributed by atoms with van der Waals surface area (Å²) in [5.41, 5.74) is 0. The van der Waals surface area contributed by atoms with Gasteiger partial charge in [0.05, 0.1) is 0 Å². The van der Waals surface area contributed by atoms with E-state index >= 15 is 0 Å². The third kappa shape index (κ3) is 1030. The maximum Gasteiger partial charge on any atom is 3.00 e. The summed E-state index contributed by atoms with van der Waals surface area (Å²) in [6.45, 7) is 0. The topological polar surface area (TPSA) is 190 Å². The Morgan fingerprint density at radius 1 is 0.529 bits per heavy atom. The first kappa shape index (κ1) is 31.5. The van der Waals surface area contributed by atoms with Crippen LogP contribution in [-0.2, 0) is 60.7 Å². The molecular formula is Ga2O9S6. The van der Waals surface area contributed by atoms with Gasteiger partial charge in [0.1, 0.15) is 0 Å². The van der Waals surface area contributed by atoms with E-state index in [-0.39, 0.29) is 39.6 Å². The van der Waals surface area contributed by atoms with E-state index in [9.17, 15) is 0 Å². The predicted molar refractivity (Wildman–Crippen MR) is 62.7 cm³/mol. The second-order valence-electron chi connectivity index (χ2n) is 1.22. The van der Waals surface area contributed by atoms with Gasteiger partial charge in [0, 0.05) is 0 Å². The third-order valence-corrected chi connectivity index (χ3v) is 0. The molecule has 0 aromatic carbocycles. The van der Waals surface area contributed by atoms with Crippen molar-refractivity contribution in [3.8, 4) is 0 Å². The van der Waals surface area contributed by atoms with Gasteiger partial charge in [-0.25, -0.2) is 0 Å². The molecule has 0 aromatic heterocycles. The molecule has 17 heteroatoms. The van der Waals surface area contributed by atoms with E-state index in [0.29, 0.717) is 0 Å². The molecule has 0 radical (unpaired) electrons. The maximum atomic E-state index is 8.89. The summed E-state index contributed by atoms with van der Waals surface area (Å²) in [5.74, 6) is 0. The Balaban J connectivity index is -0.0000000400. The summed E-state index contributed by atoms with van der Waals surface area (Å²) in [6, 6.07) is 0. The Morgan fingerprint density at radius 3 is 0.529 bits per heavy atom. The molecular weight excluding hydrogens is 476 g/mol. The minimum atomic E-state index is -4.33. The number of hydrogen-bond acceptors (Lipinski definition) is 12. The fourth-order valence-electron chi connectivity index (χ4n) is 0. The molecule has 17 heavy (non-hydrogen) atoms. The van der Waals surface area contributed by atoms with Gasteiger partial charge in [0.25, 0.3) is 0 Å². The van der Waals surface area contributed by atoms with Crippen LogP contribution < -0.4 is 0 Å². The van der Waals surface area contributed by atoms with E-state index in [1.165, 1.54) is 0 Å². The molecule has 0 aliphatic heterocycles. The largest absolute Gasteiger partial charge is 3.00 e. The Labute approximate surface area is 139 Å². The van der Waals surface area contributed by atoms with Gasteiger partial charge in [-0.15, -0.1) is 27.2 Å². The normalized spacial score (nSPS) is 10.2. The van der Waals surface area contributed by atoms with Crippen LogP contribution in [0.3, 0.4) is 0 Å². The van der Waals surface area contributed by atoms with Crippen LogP contribution in [0.5, 0.6) is 0 Å². The molecule has 96 valence electrons. The fourth-order valence-corrected chi connectivity index (χ4v) is 0. The molecule has 0 bridgehead atoms. The zero-order chi connectivity index (χ0) is 13.5. The summed E-state index contributed by atoms with van der Waals surface area (Å²) in [5, 5.41) is 0. The second kappa shape index (κ2) is 13.1. The monoisotopic (exact) mass is 474 g/mol. The first-order valence-corrected chi connectivity index (χ1v) is 9.00. The quantitative estimate of drug-likeness (QED) is 0.311. The summed E-state index contributed by atoms with van der Waals surface area (Å²) in [6.07, 6.45) is 0. The first-order valence-electron chi connectivity index (χ1n) is 2.00. The molecule has 0 aromatic rings. The van der Waals surface area contributed by atoms with Crippen molar-refractivity contribution in [3.63, 3.8) is 0 Å². The Bertz CT molecular complexity index is 344. The van der Waals surface area contributed by atoms with Gasteiger partial charge in [-0.2, -0.15) is 0 Å². The van der Waals surface area contributed by atoms with E-state index in [2.05, 4.69) is 33.6 Å². The average Bonchev–Trinajstić information content (AvgIpc) is 1.41. The smallest absolute Gasteiger partial charge is 0.780 e. The van der Waals surface area contributed by atoms with Crippen LogP contribution in [0, 0.1) is 0 Å². The van der Waals surface area contributed by atoms with Crippen molar-refractivity contribution >= 4 is 100 Å². The van der Waals surface area contributed by atoms with Crippen LogP contribution >= 0.6 is 0 Å². The number of hydrogen-bond donors (Lipinski definition) is 0. The van der Waals surface area contributed by atoms with Gasteiger partial charge in [0.15, 0.2) is 0 Å². The van der Waals surface area contributed by atoms with E-state index in [0.717, 1.165) is 0 Å². The zero-order valence-electron chi connectivity index (χ0n) is 7.28. The van der Waals surface area contributed by atoms with Crippen LogP contribution in [0.15, 0.2) is 0 Å². The van der Waals surface area contributed by atoms with Crippen molar-refractivity contribution in [2.24, 2.45) is 0 Å². The van der Waals surface area contributed by atoms with E-state index < -0.39 is 27.2 Å². The van der Waals surface area contributed by atoms with Crippen LogP contribution in [0.2, 0.25) is 0 Å². The molecule has 0 rings (SSSR count). The molecule has 9 nitrogen and oxygen atoms in total. The van der Waals surface area contributed by atoms with Crippen LogP contribution in [0.1, 0.15) is 0 Å². The van der Waals surface area contributed by atoms with E-state index in [4.69, 9.17) is 39.9 Å². The minimum Gasteiger partial charge on any atom is -0.780 e. The van der Waals surface area contributed by atoms with Gasteiger partial charge < -0.3 is 27.3 Å². The molecule has 0 saturated heterocycles. The molecule has 0 aliphatic rings. The third-order valence-electron chi connectivity index (χ3n) is 0. The SMILES string of the molecule is O=S([O-])([O-])=S.O=S([O-])([O-])=S.O=S([O-])([O-])=S.[Ga+3].[Ga+3].